The van der Waals surface area contributed by atoms with Crippen molar-refractivity contribution in [3.05, 3.63) is 27.8 Å². The van der Waals surface area contributed by atoms with Gasteiger partial charge in [-0.05, 0) is 18.1 Å². The lowest BCUT2D eigenvalue weighted by atomic mass is 10.0. The van der Waals surface area contributed by atoms with Gasteiger partial charge < -0.3 is 10.6 Å². The molecule has 110 valence electrons. The Labute approximate surface area is 126 Å². The van der Waals surface area contributed by atoms with Crippen LogP contribution in [-0.2, 0) is 11.2 Å². The van der Waals surface area contributed by atoms with E-state index in [9.17, 15) is 14.9 Å². The van der Waals surface area contributed by atoms with Gasteiger partial charge in [-0.1, -0.05) is 5.92 Å². The number of hydrogen-bond donors (Lipinski definition) is 2. The normalized spacial score (nSPS) is 13.0. The Kier molecular flexibility index (Phi) is 5.06. The first-order valence-corrected chi connectivity index (χ1v) is 7.63. The van der Waals surface area contributed by atoms with Crippen molar-refractivity contribution < 1.29 is 9.72 Å². The minimum atomic E-state index is -0.446. The second-order valence-electron chi connectivity index (χ2n) is 4.52. The fourth-order valence-electron chi connectivity index (χ4n) is 2.10. The van der Waals surface area contributed by atoms with E-state index in [1.807, 2.05) is 0 Å². The lowest BCUT2D eigenvalue weighted by Crippen LogP contribution is -2.19. The van der Waals surface area contributed by atoms with E-state index in [1.165, 1.54) is 6.07 Å². The van der Waals surface area contributed by atoms with E-state index in [2.05, 4.69) is 16.6 Å². The SMILES string of the molecule is C#CCSCCNc1cc2c(cc1[N+](=O)[O-])NC(=O)CC2. The molecule has 1 heterocycles. The molecule has 1 amide bonds. The maximum Gasteiger partial charge on any atom is 0.294 e. The summed E-state index contributed by atoms with van der Waals surface area (Å²) in [5.74, 6) is 3.82. The number of carbonyl (C=O) groups is 1. The predicted octanol–water partition coefficient (Wildman–Crippen LogP) is 2.26. The molecule has 0 aromatic heterocycles. The van der Waals surface area contributed by atoms with Crippen molar-refractivity contribution in [3.8, 4) is 12.3 Å². The molecule has 0 radical (unpaired) electrons. The van der Waals surface area contributed by atoms with Gasteiger partial charge >= 0.3 is 0 Å². The number of nitrogens with one attached hydrogen (secondary N) is 2. The van der Waals surface area contributed by atoms with Crippen molar-refractivity contribution in [1.82, 2.24) is 0 Å². The standard InChI is InChI=1S/C14H15N3O3S/c1-2-6-21-7-5-15-12-8-10-3-4-14(18)16-11(10)9-13(12)17(19)20/h1,8-9,15H,3-7H2,(H,16,18). The number of thioether (sulfide) groups is 1. The van der Waals surface area contributed by atoms with Crippen LogP contribution >= 0.6 is 11.8 Å². The van der Waals surface area contributed by atoms with E-state index in [-0.39, 0.29) is 11.6 Å². The third-order valence-corrected chi connectivity index (χ3v) is 3.92. The molecule has 0 aliphatic carbocycles. The molecule has 21 heavy (non-hydrogen) atoms. The average molecular weight is 305 g/mol. The third-order valence-electron chi connectivity index (χ3n) is 3.06. The van der Waals surface area contributed by atoms with Crippen LogP contribution in [0.5, 0.6) is 0 Å². The number of nitro groups is 1. The first kappa shape index (κ1) is 15.2. The quantitative estimate of drug-likeness (QED) is 0.364. The van der Waals surface area contributed by atoms with Gasteiger partial charge in [0.1, 0.15) is 5.69 Å². The van der Waals surface area contributed by atoms with E-state index in [0.717, 1.165) is 11.3 Å². The number of hydrogen-bond acceptors (Lipinski definition) is 5. The van der Waals surface area contributed by atoms with Crippen molar-refractivity contribution in [2.24, 2.45) is 0 Å². The van der Waals surface area contributed by atoms with Crippen LogP contribution in [0.3, 0.4) is 0 Å². The van der Waals surface area contributed by atoms with Crippen LogP contribution in [-0.4, -0.2) is 28.9 Å². The van der Waals surface area contributed by atoms with E-state index in [0.29, 0.717) is 36.5 Å². The summed E-state index contributed by atoms with van der Waals surface area (Å²) in [7, 11) is 0. The van der Waals surface area contributed by atoms with Crippen LogP contribution in [0, 0.1) is 22.5 Å². The molecule has 1 aliphatic rings. The number of fused-ring (bicyclic) bond motifs is 1. The van der Waals surface area contributed by atoms with Crippen molar-refractivity contribution in [2.75, 3.05) is 28.7 Å². The molecule has 2 rings (SSSR count). The van der Waals surface area contributed by atoms with Gasteiger partial charge in [0, 0.05) is 24.8 Å². The molecule has 0 bridgehead atoms. The maximum atomic E-state index is 11.3. The van der Waals surface area contributed by atoms with Crippen LogP contribution in [0.25, 0.3) is 0 Å². The molecule has 0 atom stereocenters. The number of nitro benzene ring substituents is 1. The van der Waals surface area contributed by atoms with Crippen LogP contribution in [0.15, 0.2) is 12.1 Å². The highest BCUT2D eigenvalue weighted by molar-refractivity contribution is 7.99. The van der Waals surface area contributed by atoms with E-state index < -0.39 is 4.92 Å². The summed E-state index contributed by atoms with van der Waals surface area (Å²) >= 11 is 1.59. The topological polar surface area (TPSA) is 84.3 Å². The fraction of sp³-hybridized carbons (Fsp3) is 0.357. The van der Waals surface area contributed by atoms with Gasteiger partial charge in [0.25, 0.3) is 5.69 Å². The highest BCUT2D eigenvalue weighted by atomic mass is 32.2. The van der Waals surface area contributed by atoms with Crippen LogP contribution in [0.4, 0.5) is 17.1 Å². The molecule has 7 heteroatoms. The van der Waals surface area contributed by atoms with Gasteiger partial charge in [0.2, 0.25) is 5.91 Å². The number of nitrogens with zero attached hydrogens (tertiary/aromatic N) is 1. The molecule has 2 N–H and O–H groups in total. The maximum absolute atomic E-state index is 11.3. The first-order chi connectivity index (χ1) is 10.1. The Balaban J connectivity index is 2.14. The molecule has 0 unspecified atom stereocenters. The Morgan fingerprint density at radius 2 is 2.29 bits per heavy atom. The molecule has 0 saturated carbocycles. The van der Waals surface area contributed by atoms with Gasteiger partial charge in [-0.25, -0.2) is 0 Å². The molecular formula is C14H15N3O3S. The second-order valence-corrected chi connectivity index (χ2v) is 5.62. The third kappa shape index (κ3) is 3.89. The van der Waals surface area contributed by atoms with Crippen molar-refractivity contribution >= 4 is 34.7 Å². The van der Waals surface area contributed by atoms with Crippen molar-refractivity contribution in [2.45, 2.75) is 12.8 Å². The molecule has 0 fully saturated rings. The van der Waals surface area contributed by atoms with Gasteiger partial charge in [0.05, 0.1) is 16.4 Å². The zero-order valence-corrected chi connectivity index (χ0v) is 12.2. The monoisotopic (exact) mass is 305 g/mol. The molecular weight excluding hydrogens is 290 g/mol. The number of amides is 1. The van der Waals surface area contributed by atoms with E-state index in [1.54, 1.807) is 17.8 Å². The number of rotatable bonds is 6. The summed E-state index contributed by atoms with van der Waals surface area (Å²) in [5, 5.41) is 16.9. The zero-order chi connectivity index (χ0) is 15.2. The van der Waals surface area contributed by atoms with Gasteiger partial charge in [-0.3, -0.25) is 14.9 Å². The summed E-state index contributed by atoms with van der Waals surface area (Å²) in [6.45, 7) is 0.596. The summed E-state index contributed by atoms with van der Waals surface area (Å²) in [4.78, 5) is 22.0. The molecule has 0 saturated heterocycles. The van der Waals surface area contributed by atoms with Crippen molar-refractivity contribution in [1.29, 1.82) is 0 Å². The van der Waals surface area contributed by atoms with Gasteiger partial charge in [0.15, 0.2) is 0 Å². The zero-order valence-electron chi connectivity index (χ0n) is 11.3. The number of aryl methyl sites for hydroxylation is 1. The minimum Gasteiger partial charge on any atom is -0.379 e. The van der Waals surface area contributed by atoms with Crippen LogP contribution in [0.1, 0.15) is 12.0 Å². The fourth-order valence-corrected chi connectivity index (χ4v) is 2.61. The van der Waals surface area contributed by atoms with Crippen molar-refractivity contribution in [3.63, 3.8) is 0 Å². The lowest BCUT2D eigenvalue weighted by molar-refractivity contribution is -0.383. The van der Waals surface area contributed by atoms with Crippen LogP contribution in [0.2, 0.25) is 0 Å². The van der Waals surface area contributed by atoms with Gasteiger partial charge in [-0.15, -0.1) is 18.2 Å². The Morgan fingerprint density at radius 1 is 1.48 bits per heavy atom. The summed E-state index contributed by atoms with van der Waals surface area (Å²) in [6, 6.07) is 3.17. The molecule has 1 aliphatic heterocycles. The number of terminal acetylenes is 1. The summed E-state index contributed by atoms with van der Waals surface area (Å²) < 4.78 is 0. The Hall–Kier alpha value is -2.20. The average Bonchev–Trinajstić information content (AvgIpc) is 2.46. The molecule has 1 aromatic rings. The summed E-state index contributed by atoms with van der Waals surface area (Å²) in [5.41, 5.74) is 1.90. The van der Waals surface area contributed by atoms with E-state index in [4.69, 9.17) is 6.42 Å². The largest absolute Gasteiger partial charge is 0.379 e. The van der Waals surface area contributed by atoms with Gasteiger partial charge in [-0.2, -0.15) is 0 Å². The second kappa shape index (κ2) is 6.99. The predicted molar refractivity (Wildman–Crippen MR) is 84.7 cm³/mol. The number of benzene rings is 1. The summed E-state index contributed by atoms with van der Waals surface area (Å²) in [6.07, 6.45) is 6.16. The first-order valence-electron chi connectivity index (χ1n) is 6.48. The highest BCUT2D eigenvalue weighted by Gasteiger charge is 2.22. The molecule has 0 spiro atoms. The highest BCUT2D eigenvalue weighted by Crippen LogP contribution is 2.34. The van der Waals surface area contributed by atoms with E-state index >= 15 is 0 Å². The Bertz CT molecular complexity index is 610. The van der Waals surface area contributed by atoms with Crippen LogP contribution < -0.4 is 10.6 Å². The smallest absolute Gasteiger partial charge is 0.294 e. The number of anilines is 2. The molecule has 6 nitrogen and oxygen atoms in total. The Morgan fingerprint density at radius 3 is 3.00 bits per heavy atom. The lowest BCUT2D eigenvalue weighted by Gasteiger charge is -2.18. The number of carbonyl (C=O) groups excluding carboxylic acids is 1. The molecule has 1 aromatic carbocycles. The minimum absolute atomic E-state index is 0.0297.